The van der Waals surface area contributed by atoms with E-state index in [4.69, 9.17) is 9.47 Å². The summed E-state index contributed by atoms with van der Waals surface area (Å²) in [4.78, 5) is 24.1. The predicted molar refractivity (Wildman–Crippen MR) is 95.7 cm³/mol. The first-order valence-electron chi connectivity index (χ1n) is 8.84. The van der Waals surface area contributed by atoms with Gasteiger partial charge in [-0.05, 0) is 31.9 Å². The molecule has 1 aliphatic rings. The van der Waals surface area contributed by atoms with Crippen LogP contribution < -0.4 is 20.1 Å². The number of hydrogen-bond acceptors (Lipinski definition) is 4. The van der Waals surface area contributed by atoms with Gasteiger partial charge in [0, 0.05) is 30.5 Å². The van der Waals surface area contributed by atoms with E-state index in [2.05, 4.69) is 10.6 Å². The lowest BCUT2D eigenvalue weighted by atomic mass is 10.1. The number of methoxy groups -OCH3 is 2. The number of amides is 2. The maximum atomic E-state index is 12.1. The standard InChI is InChI=1S/C19H28N2O4/c1-13(16-9-8-15(24-2)12-17(16)25-3)21-18(22)10-11-20-19(23)14-6-4-5-7-14/h8-9,12-14H,4-7,10-11H2,1-3H3,(H,20,23)(H,21,22). The lowest BCUT2D eigenvalue weighted by Gasteiger charge is -2.18. The van der Waals surface area contributed by atoms with E-state index in [1.807, 2.05) is 19.1 Å². The molecular weight excluding hydrogens is 320 g/mol. The molecule has 1 aromatic rings. The van der Waals surface area contributed by atoms with E-state index in [9.17, 15) is 9.59 Å². The van der Waals surface area contributed by atoms with E-state index in [1.165, 1.54) is 0 Å². The average Bonchev–Trinajstić information content (AvgIpc) is 3.15. The van der Waals surface area contributed by atoms with Crippen molar-refractivity contribution < 1.29 is 19.1 Å². The summed E-state index contributed by atoms with van der Waals surface area (Å²) in [6, 6.07) is 5.31. The zero-order chi connectivity index (χ0) is 18.2. The summed E-state index contributed by atoms with van der Waals surface area (Å²) in [5.41, 5.74) is 0.881. The molecule has 0 spiro atoms. The quantitative estimate of drug-likeness (QED) is 0.757. The number of nitrogens with one attached hydrogen (secondary N) is 2. The summed E-state index contributed by atoms with van der Waals surface area (Å²) in [6.07, 6.45) is 4.44. The van der Waals surface area contributed by atoms with Crippen LogP contribution in [0.15, 0.2) is 18.2 Å². The average molecular weight is 348 g/mol. The molecule has 2 amide bonds. The topological polar surface area (TPSA) is 76.7 Å². The highest BCUT2D eigenvalue weighted by Gasteiger charge is 2.22. The van der Waals surface area contributed by atoms with Gasteiger partial charge in [-0.25, -0.2) is 0 Å². The molecule has 6 nitrogen and oxygen atoms in total. The van der Waals surface area contributed by atoms with Gasteiger partial charge in [-0.15, -0.1) is 0 Å². The third kappa shape index (κ3) is 5.37. The molecule has 1 atom stereocenters. The maximum absolute atomic E-state index is 12.1. The minimum absolute atomic E-state index is 0.0789. The molecule has 1 saturated carbocycles. The van der Waals surface area contributed by atoms with Crippen molar-refractivity contribution in [1.82, 2.24) is 10.6 Å². The SMILES string of the molecule is COc1ccc(C(C)NC(=O)CCNC(=O)C2CCCC2)c(OC)c1. The van der Waals surface area contributed by atoms with Crippen LogP contribution in [0.1, 0.15) is 50.6 Å². The van der Waals surface area contributed by atoms with E-state index < -0.39 is 0 Å². The highest BCUT2D eigenvalue weighted by atomic mass is 16.5. The number of hydrogen-bond donors (Lipinski definition) is 2. The van der Waals surface area contributed by atoms with Crippen molar-refractivity contribution in [2.45, 2.75) is 45.1 Å². The fourth-order valence-electron chi connectivity index (χ4n) is 3.20. The van der Waals surface area contributed by atoms with Crippen LogP contribution in [0.25, 0.3) is 0 Å². The largest absolute Gasteiger partial charge is 0.497 e. The van der Waals surface area contributed by atoms with E-state index in [-0.39, 0.29) is 30.2 Å². The third-order valence-corrected chi connectivity index (χ3v) is 4.66. The summed E-state index contributed by atoms with van der Waals surface area (Å²) < 4.78 is 10.6. The van der Waals surface area contributed by atoms with E-state index in [0.717, 1.165) is 31.2 Å². The fourth-order valence-corrected chi connectivity index (χ4v) is 3.20. The minimum Gasteiger partial charge on any atom is -0.497 e. The lowest BCUT2D eigenvalue weighted by Crippen LogP contribution is -2.34. The third-order valence-electron chi connectivity index (χ3n) is 4.66. The molecule has 0 saturated heterocycles. The first-order chi connectivity index (χ1) is 12.0. The zero-order valence-corrected chi connectivity index (χ0v) is 15.3. The van der Waals surface area contributed by atoms with Crippen molar-refractivity contribution in [3.05, 3.63) is 23.8 Å². The van der Waals surface area contributed by atoms with Crippen molar-refractivity contribution in [3.63, 3.8) is 0 Å². The molecule has 0 radical (unpaired) electrons. The van der Waals surface area contributed by atoms with E-state index in [1.54, 1.807) is 20.3 Å². The second-order valence-corrected chi connectivity index (χ2v) is 6.42. The predicted octanol–water partition coefficient (Wildman–Crippen LogP) is 2.58. The Labute approximate surface area is 149 Å². The minimum atomic E-state index is -0.195. The normalized spacial score (nSPS) is 15.5. The van der Waals surface area contributed by atoms with Gasteiger partial charge in [0.15, 0.2) is 0 Å². The molecular formula is C19H28N2O4. The first-order valence-corrected chi connectivity index (χ1v) is 8.84. The molecule has 25 heavy (non-hydrogen) atoms. The number of ether oxygens (including phenoxy) is 2. The van der Waals surface area contributed by atoms with Crippen LogP contribution in [0.3, 0.4) is 0 Å². The maximum Gasteiger partial charge on any atom is 0.223 e. The van der Waals surface area contributed by atoms with Crippen molar-refractivity contribution in [2.75, 3.05) is 20.8 Å². The first kappa shape index (κ1) is 19.1. The monoisotopic (exact) mass is 348 g/mol. The van der Waals surface area contributed by atoms with Crippen LogP contribution in [0.2, 0.25) is 0 Å². The van der Waals surface area contributed by atoms with Crippen LogP contribution in [0.5, 0.6) is 11.5 Å². The van der Waals surface area contributed by atoms with Crippen LogP contribution >= 0.6 is 0 Å². The number of carbonyl (C=O) groups is 2. The second-order valence-electron chi connectivity index (χ2n) is 6.42. The van der Waals surface area contributed by atoms with Gasteiger partial charge in [0.05, 0.1) is 20.3 Å². The Kier molecular flexibility index (Phi) is 7.10. The summed E-state index contributed by atoms with van der Waals surface area (Å²) >= 11 is 0. The van der Waals surface area contributed by atoms with Gasteiger partial charge < -0.3 is 20.1 Å². The Morgan fingerprint density at radius 1 is 1.20 bits per heavy atom. The van der Waals surface area contributed by atoms with Crippen molar-refractivity contribution in [1.29, 1.82) is 0 Å². The van der Waals surface area contributed by atoms with Crippen LogP contribution in [-0.4, -0.2) is 32.6 Å². The molecule has 0 aliphatic heterocycles. The van der Waals surface area contributed by atoms with Gasteiger partial charge in [-0.2, -0.15) is 0 Å². The Balaban J connectivity index is 1.80. The smallest absolute Gasteiger partial charge is 0.223 e. The molecule has 0 aromatic heterocycles. The molecule has 2 N–H and O–H groups in total. The van der Waals surface area contributed by atoms with Crippen LogP contribution in [-0.2, 0) is 9.59 Å². The Morgan fingerprint density at radius 2 is 1.92 bits per heavy atom. The van der Waals surface area contributed by atoms with Gasteiger partial charge in [0.2, 0.25) is 11.8 Å². The summed E-state index contributed by atoms with van der Waals surface area (Å²) in [7, 11) is 3.19. The zero-order valence-electron chi connectivity index (χ0n) is 15.3. The molecule has 0 heterocycles. The summed E-state index contributed by atoms with van der Waals surface area (Å²) in [6.45, 7) is 2.27. The van der Waals surface area contributed by atoms with Crippen LogP contribution in [0, 0.1) is 5.92 Å². The Bertz CT molecular complexity index is 597. The number of benzene rings is 1. The van der Waals surface area contributed by atoms with E-state index >= 15 is 0 Å². The fraction of sp³-hybridized carbons (Fsp3) is 0.579. The van der Waals surface area contributed by atoms with Gasteiger partial charge in [-0.3, -0.25) is 9.59 Å². The molecule has 6 heteroatoms. The van der Waals surface area contributed by atoms with Crippen molar-refractivity contribution >= 4 is 11.8 Å². The summed E-state index contributed by atoms with van der Waals surface area (Å²) in [5.74, 6) is 1.48. The van der Waals surface area contributed by atoms with E-state index in [0.29, 0.717) is 18.0 Å². The Hall–Kier alpha value is -2.24. The van der Waals surface area contributed by atoms with Gasteiger partial charge in [0.25, 0.3) is 0 Å². The lowest BCUT2D eigenvalue weighted by molar-refractivity contribution is -0.125. The number of carbonyl (C=O) groups excluding carboxylic acids is 2. The molecule has 1 unspecified atom stereocenters. The van der Waals surface area contributed by atoms with Crippen molar-refractivity contribution in [3.8, 4) is 11.5 Å². The molecule has 138 valence electrons. The second kappa shape index (κ2) is 9.30. The molecule has 1 aromatic carbocycles. The molecule has 2 rings (SSSR count). The highest BCUT2D eigenvalue weighted by molar-refractivity contribution is 5.80. The molecule has 1 aliphatic carbocycles. The molecule has 1 fully saturated rings. The van der Waals surface area contributed by atoms with Crippen LogP contribution in [0.4, 0.5) is 0 Å². The van der Waals surface area contributed by atoms with Gasteiger partial charge in [0.1, 0.15) is 11.5 Å². The van der Waals surface area contributed by atoms with Crippen molar-refractivity contribution in [2.24, 2.45) is 5.92 Å². The Morgan fingerprint density at radius 3 is 2.56 bits per heavy atom. The van der Waals surface area contributed by atoms with Gasteiger partial charge in [-0.1, -0.05) is 12.8 Å². The molecule has 0 bridgehead atoms. The summed E-state index contributed by atoms with van der Waals surface area (Å²) in [5, 5.41) is 5.81. The highest BCUT2D eigenvalue weighted by Crippen LogP contribution is 2.29. The van der Waals surface area contributed by atoms with Gasteiger partial charge >= 0.3 is 0 Å². The number of rotatable bonds is 8.